The molecule has 1 unspecified atom stereocenters. The first-order valence-corrected chi connectivity index (χ1v) is 12.1. The van der Waals surface area contributed by atoms with Gasteiger partial charge in [-0.2, -0.15) is 4.31 Å². The highest BCUT2D eigenvalue weighted by Crippen LogP contribution is 2.39. The lowest BCUT2D eigenvalue weighted by Gasteiger charge is -2.16. The minimum atomic E-state index is -3.07. The molecule has 5 heteroatoms. The van der Waals surface area contributed by atoms with Crippen molar-refractivity contribution >= 4 is 18.1 Å². The van der Waals surface area contributed by atoms with E-state index in [-0.39, 0.29) is 6.04 Å². The molecule has 19 heavy (non-hydrogen) atoms. The molecule has 0 radical (unpaired) electrons. The van der Waals surface area contributed by atoms with E-state index < -0.39 is 18.1 Å². The first-order chi connectivity index (χ1) is 8.71. The van der Waals surface area contributed by atoms with Gasteiger partial charge in [-0.15, -0.1) is 0 Å². The van der Waals surface area contributed by atoms with Gasteiger partial charge in [-0.3, -0.25) is 0 Å². The second kappa shape index (κ2) is 5.03. The van der Waals surface area contributed by atoms with Gasteiger partial charge in [-0.05, 0) is 24.1 Å². The van der Waals surface area contributed by atoms with Crippen molar-refractivity contribution in [1.29, 1.82) is 0 Å². The van der Waals surface area contributed by atoms with Crippen LogP contribution in [0.2, 0.25) is 25.7 Å². The third-order valence-electron chi connectivity index (χ3n) is 3.58. The summed E-state index contributed by atoms with van der Waals surface area (Å²) >= 11 is 0. The van der Waals surface area contributed by atoms with Crippen molar-refractivity contribution in [2.75, 3.05) is 12.3 Å². The Morgan fingerprint density at radius 3 is 2.47 bits per heavy atom. The average Bonchev–Trinajstić information content (AvgIpc) is 3.07. The van der Waals surface area contributed by atoms with Crippen molar-refractivity contribution in [3.05, 3.63) is 35.4 Å². The molecule has 1 aromatic carbocycles. The maximum absolute atomic E-state index is 12.3. The molecule has 1 aliphatic rings. The largest absolute Gasteiger partial charge is 0.214 e. The van der Waals surface area contributed by atoms with Crippen LogP contribution >= 0.6 is 0 Å². The van der Waals surface area contributed by atoms with E-state index in [2.05, 4.69) is 19.6 Å². The molecule has 1 aromatic rings. The second-order valence-electron chi connectivity index (χ2n) is 6.57. The van der Waals surface area contributed by atoms with Gasteiger partial charge >= 0.3 is 0 Å². The molecule has 1 heterocycles. The van der Waals surface area contributed by atoms with E-state index in [1.165, 1.54) is 5.56 Å². The summed E-state index contributed by atoms with van der Waals surface area (Å²) in [6.45, 7) is 9.33. The Hall–Kier alpha value is -0.653. The van der Waals surface area contributed by atoms with Gasteiger partial charge in [0.15, 0.2) is 0 Å². The van der Waals surface area contributed by atoms with Crippen LogP contribution in [0.15, 0.2) is 24.3 Å². The highest BCUT2D eigenvalue weighted by atomic mass is 32.2. The zero-order valence-electron chi connectivity index (χ0n) is 12.2. The molecule has 1 fully saturated rings. The monoisotopic (exact) mass is 297 g/mol. The van der Waals surface area contributed by atoms with Crippen LogP contribution in [0, 0.1) is 6.92 Å². The van der Waals surface area contributed by atoms with E-state index in [0.717, 1.165) is 11.6 Å². The van der Waals surface area contributed by atoms with Crippen molar-refractivity contribution in [3.8, 4) is 0 Å². The minimum Gasteiger partial charge on any atom is -0.212 e. The fraction of sp³-hybridized carbons (Fsp3) is 0.571. The van der Waals surface area contributed by atoms with Crippen molar-refractivity contribution in [1.82, 2.24) is 4.31 Å². The summed E-state index contributed by atoms with van der Waals surface area (Å²) in [6.07, 6.45) is 0. The van der Waals surface area contributed by atoms with E-state index in [0.29, 0.717) is 12.3 Å². The summed E-state index contributed by atoms with van der Waals surface area (Å²) in [6, 6.07) is 8.97. The Morgan fingerprint density at radius 1 is 1.26 bits per heavy atom. The highest BCUT2D eigenvalue weighted by Gasteiger charge is 2.45. The molecule has 0 amide bonds. The van der Waals surface area contributed by atoms with Gasteiger partial charge < -0.3 is 0 Å². The zero-order valence-corrected chi connectivity index (χ0v) is 14.0. The molecule has 0 aromatic heterocycles. The Morgan fingerprint density at radius 2 is 1.89 bits per heavy atom. The summed E-state index contributed by atoms with van der Waals surface area (Å²) in [4.78, 5) is 0. The number of nitrogens with zero attached hydrogens (tertiary/aromatic N) is 1. The third-order valence-corrected chi connectivity index (χ3v) is 7.53. The Kier molecular flexibility index (Phi) is 3.91. The van der Waals surface area contributed by atoms with Crippen molar-refractivity contribution < 1.29 is 8.42 Å². The topological polar surface area (TPSA) is 37.1 Å². The van der Waals surface area contributed by atoms with Crippen LogP contribution < -0.4 is 0 Å². The lowest BCUT2D eigenvalue weighted by atomic mass is 10.1. The maximum atomic E-state index is 12.3. The molecule has 0 N–H and O–H groups in total. The molecule has 2 rings (SSSR count). The number of benzene rings is 1. The molecule has 106 valence electrons. The number of hydrogen-bond acceptors (Lipinski definition) is 2. The van der Waals surface area contributed by atoms with Crippen molar-refractivity contribution in [3.63, 3.8) is 0 Å². The molecule has 1 aliphatic heterocycles. The molecule has 0 aliphatic carbocycles. The predicted molar refractivity (Wildman–Crippen MR) is 82.6 cm³/mol. The van der Waals surface area contributed by atoms with Gasteiger partial charge in [0.05, 0.1) is 11.8 Å². The van der Waals surface area contributed by atoms with Crippen molar-refractivity contribution in [2.24, 2.45) is 0 Å². The fourth-order valence-electron chi connectivity index (χ4n) is 2.20. The number of rotatable bonds is 5. The molecule has 0 spiro atoms. The van der Waals surface area contributed by atoms with Gasteiger partial charge in [0.2, 0.25) is 10.0 Å². The van der Waals surface area contributed by atoms with Gasteiger partial charge in [-0.1, -0.05) is 43.9 Å². The highest BCUT2D eigenvalue weighted by molar-refractivity contribution is 7.89. The smallest absolute Gasteiger partial charge is 0.212 e. The summed E-state index contributed by atoms with van der Waals surface area (Å²) < 4.78 is 26.2. The normalized spacial score (nSPS) is 23.4. The first kappa shape index (κ1) is 14.7. The van der Waals surface area contributed by atoms with E-state index >= 15 is 0 Å². The Balaban J connectivity index is 2.04. The van der Waals surface area contributed by atoms with Gasteiger partial charge in [0.1, 0.15) is 0 Å². The van der Waals surface area contributed by atoms with E-state index in [1.807, 2.05) is 31.2 Å². The van der Waals surface area contributed by atoms with Crippen LogP contribution in [-0.4, -0.2) is 33.1 Å². The average molecular weight is 297 g/mol. The Bertz CT molecular complexity index is 563. The van der Waals surface area contributed by atoms with Gasteiger partial charge in [-0.25, -0.2) is 8.42 Å². The van der Waals surface area contributed by atoms with Crippen LogP contribution in [0.4, 0.5) is 0 Å². The first-order valence-electron chi connectivity index (χ1n) is 6.76. The molecule has 0 bridgehead atoms. The summed E-state index contributed by atoms with van der Waals surface area (Å²) in [5.41, 5.74) is 2.33. The molecule has 2 atom stereocenters. The summed E-state index contributed by atoms with van der Waals surface area (Å²) in [5.74, 6) is 0.311. The van der Waals surface area contributed by atoms with Crippen LogP contribution in [0.1, 0.15) is 17.2 Å². The van der Waals surface area contributed by atoms with Crippen LogP contribution in [0.25, 0.3) is 0 Å². The molecular weight excluding hydrogens is 274 g/mol. The van der Waals surface area contributed by atoms with E-state index in [4.69, 9.17) is 0 Å². The SMILES string of the molecule is Cc1ccccc1[C@H]1CN1S(=O)(=O)CC[Si](C)(C)C. The van der Waals surface area contributed by atoms with E-state index in [9.17, 15) is 8.42 Å². The summed E-state index contributed by atoms with van der Waals surface area (Å²) in [7, 11) is -4.37. The van der Waals surface area contributed by atoms with Gasteiger partial charge in [0.25, 0.3) is 0 Å². The molecule has 0 saturated carbocycles. The number of sulfonamides is 1. The molecular formula is C14H23NO2SSi. The fourth-order valence-corrected chi connectivity index (χ4v) is 6.78. The Labute approximate surface area is 117 Å². The zero-order chi connectivity index (χ0) is 14.3. The quantitative estimate of drug-likeness (QED) is 0.619. The lowest BCUT2D eigenvalue weighted by molar-refractivity contribution is 0.555. The third kappa shape index (κ3) is 3.67. The van der Waals surface area contributed by atoms with Gasteiger partial charge in [0, 0.05) is 14.6 Å². The summed E-state index contributed by atoms with van der Waals surface area (Å²) in [5, 5.41) is 0. The molecule has 3 nitrogen and oxygen atoms in total. The lowest BCUT2D eigenvalue weighted by Crippen LogP contribution is -2.26. The number of aryl methyl sites for hydroxylation is 1. The van der Waals surface area contributed by atoms with Crippen LogP contribution in [0.3, 0.4) is 0 Å². The van der Waals surface area contributed by atoms with Crippen LogP contribution in [-0.2, 0) is 10.0 Å². The minimum absolute atomic E-state index is 0.0767. The van der Waals surface area contributed by atoms with Crippen LogP contribution in [0.5, 0.6) is 0 Å². The number of hydrogen-bond donors (Lipinski definition) is 0. The standard InChI is InChI=1S/C14H23NO2SSi/c1-12-7-5-6-8-13(12)14-11-15(14)18(16,17)9-10-19(2,3)4/h5-8,14H,9-11H2,1-4H3/t14-,15?/m1/s1. The van der Waals surface area contributed by atoms with E-state index in [1.54, 1.807) is 4.31 Å². The maximum Gasteiger partial charge on any atom is 0.214 e. The molecule has 1 saturated heterocycles. The van der Waals surface area contributed by atoms with Crippen molar-refractivity contribution in [2.45, 2.75) is 38.7 Å². The predicted octanol–water partition coefficient (Wildman–Crippen LogP) is 3.02. The second-order valence-corrected chi connectivity index (χ2v) is 14.2.